The van der Waals surface area contributed by atoms with Gasteiger partial charge in [0.1, 0.15) is 17.9 Å². The molecule has 0 bridgehead atoms. The number of rotatable bonds is 10. The van der Waals surface area contributed by atoms with Crippen molar-refractivity contribution in [3.8, 4) is 0 Å². The monoisotopic (exact) mass is 571 g/mol. The van der Waals surface area contributed by atoms with E-state index in [1.165, 1.54) is 17.5 Å². The van der Waals surface area contributed by atoms with Crippen LogP contribution in [0.4, 0.5) is 0 Å². The maximum atomic E-state index is 13.6. The van der Waals surface area contributed by atoms with E-state index in [2.05, 4.69) is 19.9 Å². The number of benzene rings is 2. The van der Waals surface area contributed by atoms with E-state index in [-0.39, 0.29) is 17.4 Å². The van der Waals surface area contributed by atoms with Crippen LogP contribution in [0.1, 0.15) is 47.7 Å². The second-order valence-corrected chi connectivity index (χ2v) is 12.6. The van der Waals surface area contributed by atoms with E-state index in [0.29, 0.717) is 18.4 Å². The number of nitrogens with one attached hydrogen (secondary N) is 1. The van der Waals surface area contributed by atoms with E-state index in [0.717, 1.165) is 39.0 Å². The van der Waals surface area contributed by atoms with Crippen LogP contribution in [0.5, 0.6) is 0 Å². The van der Waals surface area contributed by atoms with E-state index in [1.54, 1.807) is 36.5 Å². The summed E-state index contributed by atoms with van der Waals surface area (Å²) in [5.41, 5.74) is 4.57. The van der Waals surface area contributed by atoms with Crippen LogP contribution in [0.3, 0.4) is 0 Å². The number of fused-ring (bicyclic) bond motifs is 2. The van der Waals surface area contributed by atoms with E-state index >= 15 is 0 Å². The average molecular weight is 572 g/mol. The number of sulfonamides is 1. The first-order valence-electron chi connectivity index (χ1n) is 13.5. The first-order chi connectivity index (χ1) is 19.6. The first-order valence-corrected chi connectivity index (χ1v) is 14.9. The zero-order valence-corrected chi connectivity index (χ0v) is 24.4. The topological polar surface area (TPSA) is 118 Å². The van der Waals surface area contributed by atoms with Crippen LogP contribution in [0.2, 0.25) is 0 Å². The predicted octanol–water partition coefficient (Wildman–Crippen LogP) is 5.30. The molecule has 2 aromatic carbocycles. The molecule has 3 aromatic heterocycles. The third-order valence-electron chi connectivity index (χ3n) is 7.06. The molecule has 0 aliphatic rings. The highest BCUT2D eigenvalue weighted by molar-refractivity contribution is 7.89. The second kappa shape index (κ2) is 11.8. The second-order valence-electron chi connectivity index (χ2n) is 10.6. The number of H-pyrrole nitrogens is 1. The zero-order valence-electron chi connectivity index (χ0n) is 23.5. The third-order valence-corrected chi connectivity index (χ3v) is 8.98. The van der Waals surface area contributed by atoms with Gasteiger partial charge in [-0.2, -0.15) is 4.31 Å². The van der Waals surface area contributed by atoms with E-state index < -0.39 is 22.0 Å². The molecule has 10 heteroatoms. The Morgan fingerprint density at radius 3 is 2.56 bits per heavy atom. The fourth-order valence-electron chi connectivity index (χ4n) is 4.88. The number of hydrogen-bond donors (Lipinski definition) is 1. The fraction of sp³-hybridized carbons (Fsp3) is 0.290. The molecule has 0 radical (unpaired) electrons. The molecule has 0 fully saturated rings. The Morgan fingerprint density at radius 1 is 1.05 bits per heavy atom. The molecular weight excluding hydrogens is 538 g/mol. The van der Waals surface area contributed by atoms with Crippen molar-refractivity contribution in [3.05, 3.63) is 95.7 Å². The summed E-state index contributed by atoms with van der Waals surface area (Å²) in [5.74, 6) is 0.458. The Bertz CT molecular complexity index is 1800. The van der Waals surface area contributed by atoms with Crippen LogP contribution in [0.15, 0.2) is 78.0 Å². The molecule has 3 heterocycles. The normalized spacial score (nSPS) is 12.8. The van der Waals surface area contributed by atoms with Crippen molar-refractivity contribution in [2.75, 3.05) is 13.7 Å². The number of esters is 1. The highest BCUT2D eigenvalue weighted by atomic mass is 32.2. The van der Waals surface area contributed by atoms with Gasteiger partial charge in [-0.05, 0) is 55.2 Å². The summed E-state index contributed by atoms with van der Waals surface area (Å²) >= 11 is 0. The lowest BCUT2D eigenvalue weighted by Gasteiger charge is -2.28. The Kier molecular flexibility index (Phi) is 8.14. The minimum absolute atomic E-state index is 0.0730. The van der Waals surface area contributed by atoms with Crippen LogP contribution < -0.4 is 0 Å². The molecule has 5 rings (SSSR count). The largest absolute Gasteiger partial charge is 0.460 e. The van der Waals surface area contributed by atoms with Crippen LogP contribution in [-0.4, -0.2) is 58.3 Å². The summed E-state index contributed by atoms with van der Waals surface area (Å²) in [6.07, 6.45) is 4.26. The molecule has 41 heavy (non-hydrogen) atoms. The number of aromatic amines is 1. The van der Waals surface area contributed by atoms with Crippen LogP contribution in [0.25, 0.3) is 21.9 Å². The average Bonchev–Trinajstić information content (AvgIpc) is 3.35. The molecule has 212 valence electrons. The molecule has 0 saturated heterocycles. The van der Waals surface area contributed by atoms with E-state index in [1.807, 2.05) is 51.1 Å². The number of imidazole rings is 1. The molecule has 1 atom stereocenters. The Labute approximate surface area is 239 Å². The smallest absolute Gasteiger partial charge is 0.339 e. The van der Waals surface area contributed by atoms with Gasteiger partial charge < -0.3 is 9.72 Å². The first kappa shape index (κ1) is 28.4. The van der Waals surface area contributed by atoms with E-state index in [4.69, 9.17) is 4.74 Å². The summed E-state index contributed by atoms with van der Waals surface area (Å²) in [5, 5.41) is 0.829. The number of para-hydroxylation sites is 1. The van der Waals surface area contributed by atoms with Gasteiger partial charge in [-0.15, -0.1) is 0 Å². The summed E-state index contributed by atoms with van der Waals surface area (Å²) in [4.78, 5) is 29.6. The van der Waals surface area contributed by atoms with Gasteiger partial charge in [0, 0.05) is 31.2 Å². The number of ether oxygens (including phenoxy) is 1. The number of carbonyl (C=O) groups is 1. The van der Waals surface area contributed by atoms with E-state index in [9.17, 15) is 13.2 Å². The lowest BCUT2D eigenvalue weighted by Crippen LogP contribution is -2.41. The van der Waals surface area contributed by atoms with Crippen molar-refractivity contribution >= 4 is 37.9 Å². The number of hydrogen-bond acceptors (Lipinski definition) is 7. The summed E-state index contributed by atoms with van der Waals surface area (Å²) in [6.45, 7) is 5.84. The van der Waals surface area contributed by atoms with Gasteiger partial charge in [0.15, 0.2) is 0 Å². The summed E-state index contributed by atoms with van der Waals surface area (Å²) in [7, 11) is -2.32. The number of nitrogens with zero attached hydrogens (tertiary/aromatic N) is 4. The predicted molar refractivity (Wildman–Crippen MR) is 158 cm³/mol. The number of pyridine rings is 2. The molecule has 0 aliphatic heterocycles. The molecular formula is C31H33N5O4S. The summed E-state index contributed by atoms with van der Waals surface area (Å²) in [6, 6.07) is 17.4. The fourth-order valence-corrected chi connectivity index (χ4v) is 6.23. The third kappa shape index (κ3) is 6.28. The van der Waals surface area contributed by atoms with Gasteiger partial charge in [-0.3, -0.25) is 9.97 Å². The maximum absolute atomic E-state index is 13.6. The highest BCUT2D eigenvalue weighted by Gasteiger charge is 2.30. The number of aromatic nitrogens is 4. The quantitative estimate of drug-likeness (QED) is 0.226. The minimum atomic E-state index is -3.85. The van der Waals surface area contributed by atoms with Gasteiger partial charge in [0.25, 0.3) is 0 Å². The molecule has 0 amide bonds. The van der Waals surface area contributed by atoms with Crippen LogP contribution in [-0.2, 0) is 21.2 Å². The SMILES string of the molecule is Cc1nc2c(Cc3ccc(S(=O)(=O)N(C)[C@H](COC(=O)c4cnc5ccccc5c4)CC(C)C)cc3)nccc2[nH]1. The Hall–Kier alpha value is -4.15. The van der Waals surface area contributed by atoms with Crippen molar-refractivity contribution in [1.82, 2.24) is 24.2 Å². The standard InChI is InChI=1S/C31H33N5O4S/c1-20(2)15-25(19-40-31(37)24-17-23-7-5-6-8-27(23)33-18-24)36(4)41(38,39)26-11-9-22(10-12-26)16-29-30-28(13-14-32-29)34-21(3)35-30/h5-14,17-18,20,25H,15-16,19H2,1-4H3,(H,34,35)/t25-/m0/s1. The van der Waals surface area contributed by atoms with Crippen LogP contribution in [0, 0.1) is 12.8 Å². The zero-order chi connectivity index (χ0) is 29.1. The Morgan fingerprint density at radius 2 is 1.80 bits per heavy atom. The van der Waals surface area contributed by atoms with Gasteiger partial charge in [0.05, 0.1) is 33.2 Å². The van der Waals surface area contributed by atoms with Gasteiger partial charge in [-0.1, -0.05) is 44.2 Å². The molecule has 0 unspecified atom stereocenters. The molecule has 1 N–H and O–H groups in total. The molecule has 9 nitrogen and oxygen atoms in total. The van der Waals surface area contributed by atoms with Gasteiger partial charge in [0.2, 0.25) is 10.0 Å². The molecule has 5 aromatic rings. The molecule has 0 saturated carbocycles. The van der Waals surface area contributed by atoms with Crippen molar-refractivity contribution < 1.29 is 17.9 Å². The lowest BCUT2D eigenvalue weighted by molar-refractivity contribution is 0.0415. The number of likely N-dealkylation sites (N-methyl/N-ethyl adjacent to an activating group) is 1. The highest BCUT2D eigenvalue weighted by Crippen LogP contribution is 2.23. The maximum Gasteiger partial charge on any atom is 0.339 e. The number of aryl methyl sites for hydroxylation is 1. The number of carbonyl (C=O) groups excluding carboxylic acids is 1. The van der Waals surface area contributed by atoms with Crippen molar-refractivity contribution in [3.63, 3.8) is 0 Å². The minimum Gasteiger partial charge on any atom is -0.460 e. The van der Waals surface area contributed by atoms with Crippen molar-refractivity contribution in [1.29, 1.82) is 0 Å². The lowest BCUT2D eigenvalue weighted by atomic mass is 10.0. The van der Waals surface area contributed by atoms with Gasteiger partial charge in [-0.25, -0.2) is 18.2 Å². The van der Waals surface area contributed by atoms with Crippen LogP contribution >= 0.6 is 0 Å². The summed E-state index contributed by atoms with van der Waals surface area (Å²) < 4.78 is 34.1. The Balaban J connectivity index is 1.30. The molecule has 0 aliphatic carbocycles. The van der Waals surface area contributed by atoms with Crippen molar-refractivity contribution in [2.24, 2.45) is 5.92 Å². The van der Waals surface area contributed by atoms with Gasteiger partial charge >= 0.3 is 5.97 Å². The van der Waals surface area contributed by atoms with Crippen molar-refractivity contribution in [2.45, 2.75) is 44.6 Å². The molecule has 0 spiro atoms.